The maximum absolute atomic E-state index is 0. The summed E-state index contributed by atoms with van der Waals surface area (Å²) in [5.41, 5.74) is 0. The minimum Gasteiger partial charge on any atom is 0 e. The van der Waals surface area contributed by atoms with Gasteiger partial charge in [-0.05, 0) is 0 Å². The van der Waals surface area contributed by atoms with Crippen LogP contribution < -0.4 is 0 Å². The van der Waals surface area contributed by atoms with E-state index in [0.717, 1.165) is 0 Å². The van der Waals surface area contributed by atoms with Crippen molar-refractivity contribution in [1.82, 2.24) is 0 Å². The number of hydrogen-bond donors (Lipinski definition) is 0. The van der Waals surface area contributed by atoms with Gasteiger partial charge in [-0.3, -0.25) is 0 Å². The fraction of sp³-hybridized carbons (Fsp3) is 0. The van der Waals surface area contributed by atoms with Crippen molar-refractivity contribution >= 4 is 156 Å². The summed E-state index contributed by atoms with van der Waals surface area (Å²) in [7, 11) is 0. The van der Waals surface area contributed by atoms with Crippen LogP contribution in [-0.2, 0) is 69.4 Å². The van der Waals surface area contributed by atoms with E-state index in [4.69, 9.17) is 0 Å². The van der Waals surface area contributed by atoms with Gasteiger partial charge in [0.15, 0.2) is 156 Å². The molecule has 0 fully saturated rings. The molecule has 0 radical (unpaired) electrons. The summed E-state index contributed by atoms with van der Waals surface area (Å²) < 4.78 is 0. The Morgan fingerprint density at radius 2 is 0.154 bits per heavy atom. The first-order valence-corrected chi connectivity index (χ1v) is 0. The quantitative estimate of drug-likeness (QED) is 0.304. The van der Waals surface area contributed by atoms with E-state index in [1.54, 1.807) is 0 Å². The molecule has 0 aliphatic rings. The first-order valence-electron chi connectivity index (χ1n) is 0. The summed E-state index contributed by atoms with van der Waals surface area (Å²) in [6.07, 6.45) is 0. The summed E-state index contributed by atoms with van der Waals surface area (Å²) >= 11 is 0. The van der Waals surface area contributed by atoms with E-state index < -0.39 is 0 Å². The van der Waals surface area contributed by atoms with Crippen LogP contribution >= 0.6 is 0 Å². The fourth-order valence-corrected chi connectivity index (χ4v) is 0. The van der Waals surface area contributed by atoms with E-state index >= 15 is 0 Å². The van der Waals surface area contributed by atoms with Gasteiger partial charge in [0.1, 0.15) is 0 Å². The third-order valence-electron chi connectivity index (χ3n) is 0. The molecule has 0 aliphatic heterocycles. The van der Waals surface area contributed by atoms with Crippen LogP contribution in [0.15, 0.2) is 0 Å². The van der Waals surface area contributed by atoms with Crippen molar-refractivity contribution < 1.29 is 69.4 Å². The van der Waals surface area contributed by atoms with Crippen molar-refractivity contribution in [2.75, 3.05) is 0 Å². The molecule has 0 saturated carbocycles. The molecule has 0 aromatic heterocycles. The molecule has 0 nitrogen and oxygen atoms in total. The number of rotatable bonds is 0. The first-order chi connectivity index (χ1) is 0. The van der Waals surface area contributed by atoms with Crippen molar-refractivity contribution in [3.63, 3.8) is 0 Å². The van der Waals surface area contributed by atoms with Crippen LogP contribution in [0.3, 0.4) is 0 Å². The van der Waals surface area contributed by atoms with Gasteiger partial charge in [-0.2, -0.15) is 0 Å². The van der Waals surface area contributed by atoms with Crippen molar-refractivity contribution in [3.05, 3.63) is 0 Å². The van der Waals surface area contributed by atoms with Crippen LogP contribution in [0.4, 0.5) is 0 Å². The Bertz CT molecular complexity index is 11.6. The Kier molecular flexibility index (Phi) is 1450. The molecule has 0 amide bonds. The summed E-state index contributed by atoms with van der Waals surface area (Å²) in [5, 5.41) is 0. The summed E-state index contributed by atoms with van der Waals surface area (Å²) in [5.74, 6) is 0. The minimum absolute atomic E-state index is 0. The van der Waals surface area contributed by atoms with E-state index in [0.29, 0.717) is 0 Å². The Morgan fingerprint density at radius 1 is 0.154 bits per heavy atom. The van der Waals surface area contributed by atoms with Crippen LogP contribution in [-0.4, -0.2) is 156 Å². The molecule has 0 aromatic rings. The molecule has 0 heterocycles. The number of hydrogen-bond acceptors (Lipinski definition) is 0. The van der Waals surface area contributed by atoms with Gasteiger partial charge in [0.25, 0.3) is 0 Å². The average Bonchev–Trinajstić information content (AvgIpc) is 0. The van der Waals surface area contributed by atoms with Gasteiger partial charge in [0.05, 0.1) is 0 Å². The Labute approximate surface area is 221 Å². The van der Waals surface area contributed by atoms with Gasteiger partial charge < -0.3 is 0 Å². The molecule has 0 rings (SSSR count). The maximum atomic E-state index is 0. The van der Waals surface area contributed by atoms with Crippen LogP contribution in [0.1, 0.15) is 0 Å². The second-order valence-electron chi connectivity index (χ2n) is 0. The monoisotopic (exact) mass is 478 g/mol. The van der Waals surface area contributed by atoms with Gasteiger partial charge in [-0.15, -0.1) is 0 Å². The van der Waals surface area contributed by atoms with E-state index in [1.807, 2.05) is 0 Å². The topological polar surface area (TPSA) is 0 Å². The minimum atomic E-state index is 0. The van der Waals surface area contributed by atoms with Crippen molar-refractivity contribution in [1.29, 1.82) is 0 Å². The molecule has 0 spiro atoms. The second kappa shape index (κ2) is 127. The van der Waals surface area contributed by atoms with Crippen molar-refractivity contribution in [3.8, 4) is 0 Å². The predicted molar refractivity (Wildman–Crippen MR) is 89.5 cm³/mol. The van der Waals surface area contributed by atoms with E-state index in [2.05, 4.69) is 0 Å². The average molecular weight is 478 g/mol. The molecule has 78 valence electrons. The molecule has 0 bridgehead atoms. The van der Waals surface area contributed by atoms with Crippen LogP contribution in [0.2, 0.25) is 0 Å². The molecule has 0 unspecified atom stereocenters. The molecule has 0 aromatic carbocycles. The van der Waals surface area contributed by atoms with E-state index in [-0.39, 0.29) is 226 Å². The van der Waals surface area contributed by atoms with Gasteiger partial charge >= 0.3 is 0 Å². The fourth-order valence-electron chi connectivity index (χ4n) is 0. The molecule has 13 heavy (non-hydrogen) atoms. The summed E-state index contributed by atoms with van der Waals surface area (Å²) in [4.78, 5) is 0. The normalized spacial score (nSPS) is 0. The van der Waals surface area contributed by atoms with Crippen molar-refractivity contribution in [2.24, 2.45) is 0 Å². The molecule has 13 heteroatoms. The molecule has 0 atom stereocenters. The summed E-state index contributed by atoms with van der Waals surface area (Å²) in [6, 6.07) is 0. The van der Waals surface area contributed by atoms with Crippen LogP contribution in [0, 0.1) is 0 Å². The van der Waals surface area contributed by atoms with E-state index in [1.165, 1.54) is 0 Å². The molecular formula is H27Al9Cr4. The van der Waals surface area contributed by atoms with Crippen LogP contribution in [0.25, 0.3) is 0 Å². The molecule has 0 aliphatic carbocycles. The predicted octanol–water partition coefficient (Wildman–Crippen LogP) is -10.7. The zero-order chi connectivity index (χ0) is 0. The SMILES string of the molecule is [AlH3].[AlH3].[AlH3].[AlH3].[AlH3].[AlH3].[AlH3].[AlH3].[AlH3].[Cr].[Cr].[Cr].[Cr]. The summed E-state index contributed by atoms with van der Waals surface area (Å²) in [6.45, 7) is 0. The Balaban J connectivity index is 0. The molecule has 0 saturated heterocycles. The van der Waals surface area contributed by atoms with Crippen molar-refractivity contribution in [2.45, 2.75) is 0 Å². The molecular weight excluding hydrogens is 451 g/mol. The first kappa shape index (κ1) is 149. The third kappa shape index (κ3) is 113. The smallest absolute Gasteiger partial charge is 0 e. The van der Waals surface area contributed by atoms with Gasteiger partial charge in [-0.1, -0.05) is 0 Å². The van der Waals surface area contributed by atoms with Gasteiger partial charge in [-0.25, -0.2) is 0 Å². The second-order valence-corrected chi connectivity index (χ2v) is 0. The zero-order valence-electron chi connectivity index (χ0n) is 1.63. The van der Waals surface area contributed by atoms with Gasteiger partial charge in [0, 0.05) is 69.4 Å². The largest absolute Gasteiger partial charge is 0.187 e. The maximum Gasteiger partial charge on any atom is 0.187 e. The van der Waals surface area contributed by atoms with E-state index in [9.17, 15) is 0 Å². The third-order valence-corrected chi connectivity index (χ3v) is 0. The standard InChI is InChI=1S/9Al.4Cr.27H. The molecule has 0 N–H and O–H groups in total. The van der Waals surface area contributed by atoms with Crippen LogP contribution in [0.5, 0.6) is 0 Å². The Morgan fingerprint density at radius 3 is 0.154 bits per heavy atom. The van der Waals surface area contributed by atoms with Gasteiger partial charge in [0.2, 0.25) is 0 Å². The zero-order valence-corrected chi connectivity index (χ0v) is 6.73. The Hall–Kier alpha value is 6.92.